The third-order valence-electron chi connectivity index (χ3n) is 6.67. The fourth-order valence-electron chi connectivity index (χ4n) is 4.57. The summed E-state index contributed by atoms with van der Waals surface area (Å²) in [5.74, 6) is -0.541. The molecule has 0 spiro atoms. The van der Waals surface area contributed by atoms with Gasteiger partial charge < -0.3 is 74.6 Å². The number of hydrogen-bond donors (Lipinski definition) is 9. The smallest absolute Gasteiger partial charge is 0.217 e. The van der Waals surface area contributed by atoms with E-state index in [0.29, 0.717) is 0 Å². The molecule has 0 aromatic rings. The second-order valence-corrected chi connectivity index (χ2v) is 9.27. The number of nitrogens with one attached hydrogen (secondary N) is 1. The molecule has 3 rings (SSSR count). The van der Waals surface area contributed by atoms with Gasteiger partial charge >= 0.3 is 0 Å². The normalized spacial score (nSPS) is 49.0. The molecule has 15 atom stereocenters. The highest BCUT2D eigenvalue weighted by Gasteiger charge is 2.54. The van der Waals surface area contributed by atoms with E-state index in [0.717, 1.165) is 0 Å². The van der Waals surface area contributed by atoms with E-state index in [1.807, 2.05) is 0 Å². The van der Waals surface area contributed by atoms with Gasteiger partial charge in [-0.2, -0.15) is 0 Å². The summed E-state index contributed by atoms with van der Waals surface area (Å²) in [4.78, 5) is 11.9. The van der Waals surface area contributed by atoms with Crippen molar-refractivity contribution < 1.29 is 74.1 Å². The second-order valence-electron chi connectivity index (χ2n) is 9.27. The van der Waals surface area contributed by atoms with Gasteiger partial charge in [0, 0.05) is 14.0 Å². The van der Waals surface area contributed by atoms with Crippen molar-refractivity contribution in [2.24, 2.45) is 0 Å². The molecule has 1 amide bonds. The average Bonchev–Trinajstić information content (AvgIpc) is 2.86. The van der Waals surface area contributed by atoms with Crippen LogP contribution in [-0.2, 0) is 33.2 Å². The fraction of sp³-hybridized carbons (Fsp3) is 0.952. The van der Waals surface area contributed by atoms with E-state index in [2.05, 4.69) is 5.32 Å². The Morgan fingerprint density at radius 3 is 1.86 bits per heavy atom. The first kappa shape index (κ1) is 30.5. The molecule has 0 bridgehead atoms. The molecule has 0 aromatic carbocycles. The maximum absolute atomic E-state index is 11.9. The van der Waals surface area contributed by atoms with E-state index in [-0.39, 0.29) is 0 Å². The molecular formula is C21H37NO15. The predicted molar refractivity (Wildman–Crippen MR) is 116 cm³/mol. The third kappa shape index (κ3) is 6.39. The van der Waals surface area contributed by atoms with Crippen molar-refractivity contribution in [3.05, 3.63) is 0 Å². The van der Waals surface area contributed by atoms with E-state index in [1.165, 1.54) is 21.0 Å². The van der Waals surface area contributed by atoms with Crippen LogP contribution >= 0.6 is 0 Å². The highest BCUT2D eigenvalue weighted by molar-refractivity contribution is 5.73. The number of ether oxygens (including phenoxy) is 6. The molecule has 3 heterocycles. The van der Waals surface area contributed by atoms with Crippen molar-refractivity contribution in [3.8, 4) is 0 Å². The molecule has 3 fully saturated rings. The molecule has 0 aliphatic carbocycles. The van der Waals surface area contributed by atoms with Crippen LogP contribution in [0.15, 0.2) is 0 Å². The lowest BCUT2D eigenvalue weighted by atomic mass is 9.95. The van der Waals surface area contributed by atoms with Gasteiger partial charge in [0.25, 0.3) is 0 Å². The van der Waals surface area contributed by atoms with Gasteiger partial charge in [-0.1, -0.05) is 0 Å². The zero-order chi connectivity index (χ0) is 27.6. The van der Waals surface area contributed by atoms with E-state index in [9.17, 15) is 45.6 Å². The molecule has 9 N–H and O–H groups in total. The topological polar surface area (TPSA) is 246 Å². The van der Waals surface area contributed by atoms with Crippen LogP contribution in [0.5, 0.6) is 0 Å². The number of amides is 1. The van der Waals surface area contributed by atoms with Crippen LogP contribution < -0.4 is 5.32 Å². The second kappa shape index (κ2) is 12.8. The number of carbonyl (C=O) groups is 1. The Hall–Kier alpha value is -1.09. The van der Waals surface area contributed by atoms with Gasteiger partial charge in [0.15, 0.2) is 18.9 Å². The molecule has 0 saturated carbocycles. The maximum Gasteiger partial charge on any atom is 0.217 e. The minimum Gasteiger partial charge on any atom is -0.394 e. The number of methoxy groups -OCH3 is 1. The van der Waals surface area contributed by atoms with E-state index < -0.39 is 111 Å². The SMILES string of the molecule is CO[C@H]1O[C@H](CO)[C@@H](O)[C@H](O[C@H]2O[C@H](CO)[C@H](O)[C@H](O)[C@H]2O[C@@H]2O[C@@H](C)[C@H](O)[C@@H](O)[C@H]2O)[C@H]1NC(C)=O. The minimum absolute atomic E-state index is 0.541. The van der Waals surface area contributed by atoms with Crippen LogP contribution in [0.4, 0.5) is 0 Å². The first-order valence-electron chi connectivity index (χ1n) is 11.8. The lowest BCUT2D eigenvalue weighted by Crippen LogP contribution is -2.68. The van der Waals surface area contributed by atoms with Crippen LogP contribution in [0.3, 0.4) is 0 Å². The van der Waals surface area contributed by atoms with E-state index >= 15 is 0 Å². The molecular weight excluding hydrogens is 506 g/mol. The summed E-state index contributed by atoms with van der Waals surface area (Å²) < 4.78 is 33.3. The third-order valence-corrected chi connectivity index (χ3v) is 6.67. The van der Waals surface area contributed by atoms with Crippen LogP contribution in [-0.4, -0.2) is 159 Å². The Balaban J connectivity index is 1.91. The Kier molecular flexibility index (Phi) is 10.6. The Morgan fingerprint density at radius 2 is 1.30 bits per heavy atom. The van der Waals surface area contributed by atoms with Crippen molar-refractivity contribution in [1.29, 1.82) is 0 Å². The summed E-state index contributed by atoms with van der Waals surface area (Å²) in [7, 11) is 1.26. The van der Waals surface area contributed by atoms with Gasteiger partial charge in [-0.3, -0.25) is 4.79 Å². The van der Waals surface area contributed by atoms with Crippen LogP contribution in [0.1, 0.15) is 13.8 Å². The van der Waals surface area contributed by atoms with Crippen molar-refractivity contribution in [3.63, 3.8) is 0 Å². The van der Waals surface area contributed by atoms with Crippen LogP contribution in [0.25, 0.3) is 0 Å². The highest BCUT2D eigenvalue weighted by Crippen LogP contribution is 2.33. The Bertz CT molecular complexity index is 747. The summed E-state index contributed by atoms with van der Waals surface area (Å²) >= 11 is 0. The van der Waals surface area contributed by atoms with Crippen molar-refractivity contribution in [2.45, 2.75) is 106 Å². The molecule has 216 valence electrons. The summed E-state index contributed by atoms with van der Waals surface area (Å²) in [6.45, 7) is 1.20. The molecule has 37 heavy (non-hydrogen) atoms. The first-order valence-corrected chi connectivity index (χ1v) is 11.8. The van der Waals surface area contributed by atoms with Gasteiger partial charge in [-0.25, -0.2) is 0 Å². The summed E-state index contributed by atoms with van der Waals surface area (Å²) in [6, 6.07) is -1.16. The predicted octanol–water partition coefficient (Wildman–Crippen LogP) is -5.75. The van der Waals surface area contributed by atoms with Gasteiger partial charge in [0.05, 0.1) is 19.3 Å². The monoisotopic (exact) mass is 543 g/mol. The quantitative estimate of drug-likeness (QED) is 0.138. The van der Waals surface area contributed by atoms with Crippen LogP contribution in [0.2, 0.25) is 0 Å². The summed E-state index contributed by atoms with van der Waals surface area (Å²) in [6.07, 6.45) is -21.0. The van der Waals surface area contributed by atoms with E-state index in [1.54, 1.807) is 0 Å². The maximum atomic E-state index is 11.9. The van der Waals surface area contributed by atoms with Gasteiger partial charge in [0.2, 0.25) is 5.91 Å². The molecule has 16 heteroatoms. The Morgan fingerprint density at radius 1 is 0.730 bits per heavy atom. The van der Waals surface area contributed by atoms with Crippen LogP contribution in [0, 0.1) is 0 Å². The number of aliphatic hydroxyl groups excluding tert-OH is 8. The zero-order valence-electron chi connectivity index (χ0n) is 20.5. The number of aliphatic hydroxyl groups is 8. The lowest BCUT2D eigenvalue weighted by Gasteiger charge is -2.49. The summed E-state index contributed by atoms with van der Waals surface area (Å²) in [5.41, 5.74) is 0. The molecule has 0 radical (unpaired) electrons. The van der Waals surface area contributed by atoms with Gasteiger partial charge in [-0.15, -0.1) is 0 Å². The molecule has 0 unspecified atom stereocenters. The Labute approximate surface area is 212 Å². The lowest BCUT2D eigenvalue weighted by molar-refractivity contribution is -0.380. The minimum atomic E-state index is -1.80. The molecule has 0 aromatic heterocycles. The van der Waals surface area contributed by atoms with Crippen molar-refractivity contribution in [2.75, 3.05) is 20.3 Å². The van der Waals surface area contributed by atoms with Crippen molar-refractivity contribution in [1.82, 2.24) is 5.32 Å². The number of carbonyl (C=O) groups excluding carboxylic acids is 1. The molecule has 16 nitrogen and oxygen atoms in total. The standard InChI is InChI=1S/C21H37NO15/c1-6-11(26)14(29)16(31)20(33-6)37-18-15(30)12(27)8(4-23)35-21(18)36-17-10(22-7(2)25)19(32-3)34-9(5-24)13(17)28/h6,8-21,23-24,26-31H,4-5H2,1-3H3,(H,22,25)/t6-,8+,9+,10+,11-,12-,13+,14+,15-,16+,17+,18+,19-,20-,21+/m0/s1. The zero-order valence-corrected chi connectivity index (χ0v) is 20.5. The highest BCUT2D eigenvalue weighted by atomic mass is 16.8. The van der Waals surface area contributed by atoms with E-state index in [4.69, 9.17) is 28.4 Å². The molecule has 3 aliphatic rings. The van der Waals surface area contributed by atoms with Crippen molar-refractivity contribution >= 4 is 5.91 Å². The average molecular weight is 544 g/mol. The number of hydrogen-bond acceptors (Lipinski definition) is 15. The molecule has 3 aliphatic heterocycles. The molecule has 3 saturated heterocycles. The fourth-order valence-corrected chi connectivity index (χ4v) is 4.57. The first-order chi connectivity index (χ1) is 17.4. The largest absolute Gasteiger partial charge is 0.394 e. The number of rotatable bonds is 8. The van der Waals surface area contributed by atoms with Gasteiger partial charge in [0.1, 0.15) is 67.1 Å². The van der Waals surface area contributed by atoms with Gasteiger partial charge in [-0.05, 0) is 6.92 Å². The summed E-state index contributed by atoms with van der Waals surface area (Å²) in [5, 5.41) is 84.3.